The van der Waals surface area contributed by atoms with Gasteiger partial charge in [0, 0.05) is 35.8 Å². The van der Waals surface area contributed by atoms with E-state index in [4.69, 9.17) is 0 Å². The molecule has 0 saturated carbocycles. The molecule has 0 aromatic heterocycles. The Morgan fingerprint density at radius 3 is 2.06 bits per heavy atom. The summed E-state index contributed by atoms with van der Waals surface area (Å²) < 4.78 is 0. The highest BCUT2D eigenvalue weighted by Crippen LogP contribution is 2.50. The van der Waals surface area contributed by atoms with Gasteiger partial charge in [-0.1, -0.05) is 91.9 Å². The van der Waals surface area contributed by atoms with Crippen LogP contribution in [0.5, 0.6) is 0 Å². The number of anilines is 2. The van der Waals surface area contributed by atoms with Crippen molar-refractivity contribution in [2.75, 3.05) is 10.2 Å². The summed E-state index contributed by atoms with van der Waals surface area (Å²) in [6.07, 6.45) is 0.856. The molecule has 0 fully saturated rings. The van der Waals surface area contributed by atoms with E-state index < -0.39 is 0 Å². The largest absolute Gasteiger partial charge is 0.381 e. The first-order chi connectivity index (χ1) is 17.3. The van der Waals surface area contributed by atoms with Crippen molar-refractivity contribution in [1.82, 2.24) is 0 Å². The van der Waals surface area contributed by atoms with Crippen molar-refractivity contribution in [3.05, 3.63) is 120 Å². The molecule has 3 heteroatoms. The molecular weight excluding hydrogens is 440 g/mol. The highest BCUT2D eigenvalue weighted by Gasteiger charge is 2.47. The van der Waals surface area contributed by atoms with Gasteiger partial charge < -0.3 is 10.2 Å². The van der Waals surface area contributed by atoms with Crippen LogP contribution >= 0.6 is 0 Å². The van der Waals surface area contributed by atoms with Gasteiger partial charge in [0.05, 0.1) is 0 Å². The Bertz CT molecular complexity index is 1360. The maximum absolute atomic E-state index is 12.8. The number of fused-ring (bicyclic) bond motifs is 1. The fraction of sp³-hybridized carbons (Fsp3) is 0.242. The van der Waals surface area contributed by atoms with Gasteiger partial charge >= 0.3 is 0 Å². The first-order valence-electron chi connectivity index (χ1n) is 12.7. The van der Waals surface area contributed by atoms with E-state index in [2.05, 4.69) is 123 Å². The van der Waals surface area contributed by atoms with E-state index in [0.717, 1.165) is 17.8 Å². The second-order valence-electron chi connectivity index (χ2n) is 10.7. The molecule has 0 bridgehead atoms. The molecule has 0 aliphatic carbocycles. The Balaban J connectivity index is 1.45. The Morgan fingerprint density at radius 1 is 0.806 bits per heavy atom. The van der Waals surface area contributed by atoms with Crippen LogP contribution in [0.1, 0.15) is 50.8 Å². The van der Waals surface area contributed by atoms with Crippen LogP contribution in [0.3, 0.4) is 0 Å². The lowest BCUT2D eigenvalue weighted by atomic mass is 9.65. The molecular formula is C33H34N2O. The van der Waals surface area contributed by atoms with Crippen molar-refractivity contribution >= 4 is 17.3 Å². The van der Waals surface area contributed by atoms with Gasteiger partial charge in [-0.3, -0.25) is 4.79 Å². The molecule has 1 aliphatic rings. The third kappa shape index (κ3) is 4.42. The van der Waals surface area contributed by atoms with Crippen LogP contribution in [0, 0.1) is 0 Å². The predicted octanol–water partition coefficient (Wildman–Crippen LogP) is 7.81. The molecule has 0 saturated heterocycles. The van der Waals surface area contributed by atoms with E-state index in [1.807, 2.05) is 11.0 Å². The third-order valence-corrected chi connectivity index (χ3v) is 7.50. The summed E-state index contributed by atoms with van der Waals surface area (Å²) in [6, 6.07) is 36.3. The Labute approximate surface area is 214 Å². The number of rotatable bonds is 5. The molecule has 0 radical (unpaired) electrons. The number of carbonyl (C=O) groups is 1. The fourth-order valence-electron chi connectivity index (χ4n) is 5.97. The van der Waals surface area contributed by atoms with E-state index in [1.54, 1.807) is 6.92 Å². The minimum Gasteiger partial charge on any atom is -0.381 e. The molecule has 36 heavy (non-hydrogen) atoms. The number of nitrogens with zero attached hydrogens (tertiary/aromatic N) is 1. The standard InChI is InChI=1S/C33H34N2O/c1-24(36)35-31-20-15-25(22-34-29-18-16-27(17-19-29)26-11-7-5-8-12-26)21-30(31)33(4,23-32(35,2)3)28-13-9-6-10-14-28/h5-21,34H,22-23H2,1-4H3. The second-order valence-corrected chi connectivity index (χ2v) is 10.7. The summed E-state index contributed by atoms with van der Waals surface area (Å²) in [5, 5.41) is 3.58. The van der Waals surface area contributed by atoms with Crippen molar-refractivity contribution in [2.45, 2.75) is 51.6 Å². The maximum atomic E-state index is 12.8. The molecule has 1 N–H and O–H groups in total. The van der Waals surface area contributed by atoms with Crippen LogP contribution in [0.25, 0.3) is 11.1 Å². The number of nitrogens with one attached hydrogen (secondary N) is 1. The average Bonchev–Trinajstić information content (AvgIpc) is 2.88. The van der Waals surface area contributed by atoms with Gasteiger partial charge in [-0.15, -0.1) is 0 Å². The van der Waals surface area contributed by atoms with Gasteiger partial charge in [-0.25, -0.2) is 0 Å². The highest BCUT2D eigenvalue weighted by atomic mass is 16.2. The van der Waals surface area contributed by atoms with Crippen LogP contribution in [0.4, 0.5) is 11.4 Å². The molecule has 4 aromatic carbocycles. The van der Waals surface area contributed by atoms with Crippen molar-refractivity contribution in [2.24, 2.45) is 0 Å². The van der Waals surface area contributed by atoms with Crippen LogP contribution < -0.4 is 10.2 Å². The molecule has 182 valence electrons. The van der Waals surface area contributed by atoms with Crippen molar-refractivity contribution in [3.63, 3.8) is 0 Å². The molecule has 3 nitrogen and oxygen atoms in total. The van der Waals surface area contributed by atoms with Crippen LogP contribution in [-0.2, 0) is 16.8 Å². The minimum atomic E-state index is -0.288. The number of hydrogen-bond donors (Lipinski definition) is 1. The summed E-state index contributed by atoms with van der Waals surface area (Å²) in [5.74, 6) is 0.0840. The van der Waals surface area contributed by atoms with Gasteiger partial charge in [-0.2, -0.15) is 0 Å². The smallest absolute Gasteiger partial charge is 0.224 e. The van der Waals surface area contributed by atoms with Crippen LogP contribution in [-0.4, -0.2) is 11.4 Å². The number of benzene rings is 4. The van der Waals surface area contributed by atoms with E-state index in [-0.39, 0.29) is 16.9 Å². The normalized spacial score (nSPS) is 18.4. The van der Waals surface area contributed by atoms with E-state index in [0.29, 0.717) is 6.54 Å². The molecule has 1 amide bonds. The van der Waals surface area contributed by atoms with Crippen molar-refractivity contribution < 1.29 is 4.79 Å². The third-order valence-electron chi connectivity index (χ3n) is 7.50. The van der Waals surface area contributed by atoms with Crippen LogP contribution in [0.2, 0.25) is 0 Å². The SMILES string of the molecule is CC(=O)N1c2ccc(CNc3ccc(-c4ccccc4)cc3)cc2C(C)(c2ccccc2)CC1(C)C. The second kappa shape index (κ2) is 9.31. The van der Waals surface area contributed by atoms with E-state index >= 15 is 0 Å². The average molecular weight is 475 g/mol. The number of hydrogen-bond acceptors (Lipinski definition) is 2. The summed E-state index contributed by atoms with van der Waals surface area (Å²) in [5.41, 5.74) is 7.74. The lowest BCUT2D eigenvalue weighted by Gasteiger charge is -2.51. The van der Waals surface area contributed by atoms with Gasteiger partial charge in [0.15, 0.2) is 0 Å². The first-order valence-corrected chi connectivity index (χ1v) is 12.7. The first kappa shape index (κ1) is 23.9. The van der Waals surface area contributed by atoms with E-state index in [9.17, 15) is 4.79 Å². The summed E-state index contributed by atoms with van der Waals surface area (Å²) >= 11 is 0. The number of carbonyl (C=O) groups excluding carboxylic acids is 1. The minimum absolute atomic E-state index is 0.0840. The van der Waals surface area contributed by atoms with Gasteiger partial charge in [-0.05, 0) is 66.3 Å². The Hall–Kier alpha value is -3.85. The number of amides is 1. The quantitative estimate of drug-likeness (QED) is 0.320. The molecule has 4 aromatic rings. The van der Waals surface area contributed by atoms with E-state index in [1.165, 1.54) is 27.8 Å². The zero-order chi connectivity index (χ0) is 25.3. The Morgan fingerprint density at radius 2 is 1.42 bits per heavy atom. The molecule has 1 unspecified atom stereocenters. The lowest BCUT2D eigenvalue weighted by molar-refractivity contribution is -0.117. The van der Waals surface area contributed by atoms with Gasteiger partial charge in [0.2, 0.25) is 5.91 Å². The maximum Gasteiger partial charge on any atom is 0.224 e. The van der Waals surface area contributed by atoms with Crippen LogP contribution in [0.15, 0.2) is 103 Å². The topological polar surface area (TPSA) is 32.3 Å². The van der Waals surface area contributed by atoms with Crippen molar-refractivity contribution in [1.29, 1.82) is 0 Å². The highest BCUT2D eigenvalue weighted by molar-refractivity contribution is 5.95. The summed E-state index contributed by atoms with van der Waals surface area (Å²) in [7, 11) is 0. The Kier molecular flexibility index (Phi) is 6.17. The molecule has 1 aliphatic heterocycles. The zero-order valence-electron chi connectivity index (χ0n) is 21.6. The summed E-state index contributed by atoms with van der Waals surface area (Å²) in [6.45, 7) is 9.05. The molecule has 1 atom stereocenters. The zero-order valence-corrected chi connectivity index (χ0v) is 21.6. The van der Waals surface area contributed by atoms with Gasteiger partial charge in [0.25, 0.3) is 0 Å². The van der Waals surface area contributed by atoms with Gasteiger partial charge in [0.1, 0.15) is 0 Å². The predicted molar refractivity (Wildman–Crippen MR) is 150 cm³/mol. The molecule has 5 rings (SSSR count). The molecule has 0 spiro atoms. The summed E-state index contributed by atoms with van der Waals surface area (Å²) in [4.78, 5) is 14.7. The molecule has 1 heterocycles. The monoisotopic (exact) mass is 474 g/mol. The fourth-order valence-corrected chi connectivity index (χ4v) is 5.97. The lowest BCUT2D eigenvalue weighted by Crippen LogP contribution is -2.55. The van der Waals surface area contributed by atoms with Crippen molar-refractivity contribution in [3.8, 4) is 11.1 Å².